The van der Waals surface area contributed by atoms with Crippen LogP contribution in [0.4, 0.5) is 0 Å². The van der Waals surface area contributed by atoms with Crippen LogP contribution in [-0.4, -0.2) is 11.2 Å². The summed E-state index contributed by atoms with van der Waals surface area (Å²) < 4.78 is 6.81. The fourth-order valence-electron chi connectivity index (χ4n) is 4.89. The molecule has 0 aliphatic rings. The summed E-state index contributed by atoms with van der Waals surface area (Å²) in [6.07, 6.45) is 1.70. The zero-order valence-corrected chi connectivity index (χ0v) is 20.2. The largest absolute Gasteiger partial charge is 0.369 e. The summed E-state index contributed by atoms with van der Waals surface area (Å²) in [4.78, 5) is 0. The van der Waals surface area contributed by atoms with Gasteiger partial charge in [-0.05, 0) is 61.1 Å². The van der Waals surface area contributed by atoms with Crippen molar-refractivity contribution >= 4 is 0 Å². The van der Waals surface area contributed by atoms with E-state index >= 15 is 0 Å². The first-order chi connectivity index (χ1) is 15.8. The maximum atomic E-state index is 6.81. The van der Waals surface area contributed by atoms with Crippen LogP contribution >= 0.6 is 0 Å². The lowest BCUT2D eigenvalue weighted by Gasteiger charge is -2.37. The van der Waals surface area contributed by atoms with Crippen molar-refractivity contribution in [2.24, 2.45) is 0 Å². The molecule has 0 spiro atoms. The van der Waals surface area contributed by atoms with E-state index in [2.05, 4.69) is 137 Å². The summed E-state index contributed by atoms with van der Waals surface area (Å²) in [5.41, 5.74) is 7.07. The maximum Gasteiger partial charge on any atom is 0.0674 e. The Bertz CT molecular complexity index is 1080. The number of ether oxygens (including phenoxy) is 1. The van der Waals surface area contributed by atoms with Crippen molar-refractivity contribution in [2.45, 2.75) is 51.7 Å². The normalized spacial score (nSPS) is 12.0. The van der Waals surface area contributed by atoms with Gasteiger partial charge in [-0.25, -0.2) is 0 Å². The van der Waals surface area contributed by atoms with Crippen molar-refractivity contribution in [2.75, 3.05) is 0 Å². The van der Waals surface area contributed by atoms with Crippen LogP contribution in [0.1, 0.15) is 38.8 Å². The topological polar surface area (TPSA) is 9.23 Å². The zero-order valence-electron chi connectivity index (χ0n) is 20.2. The zero-order chi connectivity index (χ0) is 23.3. The summed E-state index contributed by atoms with van der Waals surface area (Å²) in [5, 5.41) is 0. The molecule has 0 unspecified atom stereocenters. The standard InChI is InChI=1S/C32H34O/c1-31(2,23-27-19-11-13-21-29(27)25-15-7-5-8-16-25)33-32(3,4)24-28-20-12-14-22-30(28)26-17-9-6-10-18-26/h5-22H,23-24H2,1-4H3. The summed E-state index contributed by atoms with van der Waals surface area (Å²) >= 11 is 0. The molecule has 0 aromatic heterocycles. The Kier molecular flexibility index (Phi) is 6.81. The Morgan fingerprint density at radius 1 is 0.455 bits per heavy atom. The highest BCUT2D eigenvalue weighted by Crippen LogP contribution is 2.33. The van der Waals surface area contributed by atoms with E-state index in [4.69, 9.17) is 4.74 Å². The molecule has 0 atom stereocenters. The lowest BCUT2D eigenvalue weighted by atomic mass is 9.88. The van der Waals surface area contributed by atoms with E-state index in [1.165, 1.54) is 33.4 Å². The molecule has 0 fully saturated rings. The molecule has 0 saturated heterocycles. The van der Waals surface area contributed by atoms with Gasteiger partial charge in [0.25, 0.3) is 0 Å². The Balaban J connectivity index is 1.54. The van der Waals surface area contributed by atoms with Crippen molar-refractivity contribution in [3.05, 3.63) is 120 Å². The molecule has 168 valence electrons. The average Bonchev–Trinajstić information content (AvgIpc) is 2.79. The van der Waals surface area contributed by atoms with E-state index in [1.54, 1.807) is 0 Å². The molecule has 4 rings (SSSR count). The molecule has 0 heterocycles. The van der Waals surface area contributed by atoms with Gasteiger partial charge in [0.15, 0.2) is 0 Å². The van der Waals surface area contributed by atoms with Crippen LogP contribution in [0.2, 0.25) is 0 Å². The van der Waals surface area contributed by atoms with Gasteiger partial charge in [-0.2, -0.15) is 0 Å². The van der Waals surface area contributed by atoms with E-state index in [1.807, 2.05) is 0 Å². The smallest absolute Gasteiger partial charge is 0.0674 e. The summed E-state index contributed by atoms with van der Waals surface area (Å²) in [7, 11) is 0. The third kappa shape index (κ3) is 6.00. The fourth-order valence-corrected chi connectivity index (χ4v) is 4.89. The summed E-state index contributed by atoms with van der Waals surface area (Å²) in [5.74, 6) is 0. The average molecular weight is 435 g/mol. The number of rotatable bonds is 8. The molecule has 4 aromatic rings. The van der Waals surface area contributed by atoms with Crippen LogP contribution in [0.25, 0.3) is 22.3 Å². The first-order valence-electron chi connectivity index (χ1n) is 11.8. The SMILES string of the molecule is CC(C)(Cc1ccccc1-c1ccccc1)OC(C)(C)Cc1ccccc1-c1ccccc1. The minimum Gasteiger partial charge on any atom is -0.369 e. The fraction of sp³-hybridized carbons (Fsp3) is 0.250. The van der Waals surface area contributed by atoms with Gasteiger partial charge in [-0.1, -0.05) is 109 Å². The molecule has 4 aromatic carbocycles. The highest BCUT2D eigenvalue weighted by atomic mass is 16.5. The highest BCUT2D eigenvalue weighted by molar-refractivity contribution is 5.68. The van der Waals surface area contributed by atoms with Gasteiger partial charge in [0.1, 0.15) is 0 Å². The van der Waals surface area contributed by atoms with E-state index < -0.39 is 0 Å². The highest BCUT2D eigenvalue weighted by Gasteiger charge is 2.31. The van der Waals surface area contributed by atoms with Crippen LogP contribution in [-0.2, 0) is 17.6 Å². The van der Waals surface area contributed by atoms with Crippen molar-refractivity contribution in [1.29, 1.82) is 0 Å². The monoisotopic (exact) mass is 434 g/mol. The minimum atomic E-state index is -0.309. The quantitative estimate of drug-likeness (QED) is 0.270. The molecule has 33 heavy (non-hydrogen) atoms. The van der Waals surface area contributed by atoms with Gasteiger partial charge in [0.05, 0.1) is 11.2 Å². The van der Waals surface area contributed by atoms with E-state index in [0.29, 0.717) is 0 Å². The third-order valence-electron chi connectivity index (χ3n) is 5.99. The first kappa shape index (κ1) is 23.0. The predicted octanol–water partition coefficient (Wildman–Crippen LogP) is 8.38. The molecule has 0 amide bonds. The van der Waals surface area contributed by atoms with E-state index in [-0.39, 0.29) is 11.2 Å². The molecule has 0 saturated carbocycles. The summed E-state index contributed by atoms with van der Waals surface area (Å²) in [6, 6.07) is 38.6. The van der Waals surface area contributed by atoms with Crippen LogP contribution in [0.3, 0.4) is 0 Å². The second-order valence-electron chi connectivity index (χ2n) is 10.0. The molecular weight excluding hydrogens is 400 g/mol. The first-order valence-corrected chi connectivity index (χ1v) is 11.8. The Hall–Kier alpha value is -3.16. The van der Waals surface area contributed by atoms with Gasteiger partial charge in [-0.3, -0.25) is 0 Å². The van der Waals surface area contributed by atoms with Gasteiger partial charge >= 0.3 is 0 Å². The molecule has 1 nitrogen and oxygen atoms in total. The van der Waals surface area contributed by atoms with Crippen molar-refractivity contribution < 1.29 is 4.74 Å². The molecular formula is C32H34O. The van der Waals surface area contributed by atoms with Gasteiger partial charge < -0.3 is 4.74 Å². The van der Waals surface area contributed by atoms with Crippen molar-refractivity contribution in [3.8, 4) is 22.3 Å². The Morgan fingerprint density at radius 3 is 1.18 bits per heavy atom. The van der Waals surface area contributed by atoms with Gasteiger partial charge in [0.2, 0.25) is 0 Å². The lowest BCUT2D eigenvalue weighted by Crippen LogP contribution is -2.40. The number of hydrogen-bond donors (Lipinski definition) is 0. The Morgan fingerprint density at radius 2 is 0.788 bits per heavy atom. The molecule has 0 aliphatic heterocycles. The molecule has 0 N–H and O–H groups in total. The third-order valence-corrected chi connectivity index (χ3v) is 5.99. The van der Waals surface area contributed by atoms with Crippen LogP contribution < -0.4 is 0 Å². The minimum absolute atomic E-state index is 0.309. The number of hydrogen-bond acceptors (Lipinski definition) is 1. The second-order valence-corrected chi connectivity index (χ2v) is 10.0. The lowest BCUT2D eigenvalue weighted by molar-refractivity contribution is -0.121. The second kappa shape index (κ2) is 9.77. The van der Waals surface area contributed by atoms with Crippen LogP contribution in [0.15, 0.2) is 109 Å². The molecule has 0 bridgehead atoms. The summed E-state index contributed by atoms with van der Waals surface area (Å²) in [6.45, 7) is 8.83. The maximum absolute atomic E-state index is 6.81. The molecule has 0 radical (unpaired) electrons. The predicted molar refractivity (Wildman–Crippen MR) is 140 cm³/mol. The van der Waals surface area contributed by atoms with Crippen LogP contribution in [0.5, 0.6) is 0 Å². The Labute approximate surface area is 199 Å². The van der Waals surface area contributed by atoms with Gasteiger partial charge in [0, 0.05) is 12.8 Å². The molecule has 1 heteroatoms. The van der Waals surface area contributed by atoms with Gasteiger partial charge in [-0.15, -0.1) is 0 Å². The van der Waals surface area contributed by atoms with E-state index in [0.717, 1.165) is 12.8 Å². The number of benzene rings is 4. The van der Waals surface area contributed by atoms with E-state index in [9.17, 15) is 0 Å². The van der Waals surface area contributed by atoms with Crippen molar-refractivity contribution in [3.63, 3.8) is 0 Å². The molecule has 0 aliphatic carbocycles. The van der Waals surface area contributed by atoms with Crippen molar-refractivity contribution in [1.82, 2.24) is 0 Å². The van der Waals surface area contributed by atoms with Crippen LogP contribution in [0, 0.1) is 0 Å².